The van der Waals surface area contributed by atoms with E-state index in [0.717, 1.165) is 137 Å². The predicted octanol–water partition coefficient (Wildman–Crippen LogP) is 4.86. The minimum Gasteiger partial charge on any atom is -0.484 e. The van der Waals surface area contributed by atoms with Crippen molar-refractivity contribution in [2.45, 2.75) is 127 Å². The van der Waals surface area contributed by atoms with Gasteiger partial charge in [-0.1, -0.05) is 38.5 Å². The van der Waals surface area contributed by atoms with Crippen LogP contribution in [0.25, 0.3) is 0 Å². The topological polar surface area (TPSA) is 241 Å². The van der Waals surface area contributed by atoms with Crippen LogP contribution < -0.4 is 36.1 Å². The molecular formula is C65H84F2N10O10+2. The van der Waals surface area contributed by atoms with Gasteiger partial charge in [0.1, 0.15) is 48.3 Å². The van der Waals surface area contributed by atoms with E-state index in [9.17, 15) is 47.1 Å². The standard InChI is InChI=1S/C33H42FN5O5.C32H40FN5O5/c1-21(40)36-26-16-24(15-25(34)18-26)31(41)38-13-14-39(29(20-38)33(43)37(2)3)32(42)23-9-10-30(44-27-11-12-35-19-27)28(17-23)22-7-5-4-6-8-22;1-20(39)36-25-15-23(14-24(33)17-25)31(41)37-12-13-38(28(19-37)30(40)34-2)32(42)22-8-9-29(43-26-10-11-35-18-26)27(16-22)21-6-4-3-5-7-21/h9-10,15-18,22,27,29,35H,4-8,11-14,19-20H2,1-3H3,(H,36,40);8-9,14-17,21,26,28,35H,3-7,10-13,18-19H2,1-2H3,(H,34,40)(H,36,39)/p+2/t27-,29?;26-,28?/m00/s1. The van der Waals surface area contributed by atoms with E-state index in [-0.39, 0.29) is 104 Å². The maximum absolute atomic E-state index is 14.3. The second-order valence-corrected chi connectivity index (χ2v) is 24.1. The molecule has 8 amide bonds. The second kappa shape index (κ2) is 29.1. The van der Waals surface area contributed by atoms with E-state index in [0.29, 0.717) is 23.0 Å². The number of ether oxygens (including phenoxy) is 2. The minimum absolute atomic E-state index is 0.0393. The number of quaternary nitrogens is 2. The van der Waals surface area contributed by atoms with Crippen LogP contribution in [-0.2, 0) is 19.2 Å². The summed E-state index contributed by atoms with van der Waals surface area (Å²) in [6, 6.07) is 16.7. The summed E-state index contributed by atoms with van der Waals surface area (Å²) in [5.74, 6) is -2.00. The molecule has 4 aromatic carbocycles. The summed E-state index contributed by atoms with van der Waals surface area (Å²) in [5.41, 5.74) is 3.55. The van der Waals surface area contributed by atoms with Crippen LogP contribution in [0.2, 0.25) is 0 Å². The van der Waals surface area contributed by atoms with Gasteiger partial charge in [-0.2, -0.15) is 0 Å². The van der Waals surface area contributed by atoms with Gasteiger partial charge in [-0.05, 0) is 121 Å². The van der Waals surface area contributed by atoms with Gasteiger partial charge >= 0.3 is 0 Å². The number of rotatable bonds is 14. The molecule has 22 heteroatoms. The molecule has 4 atom stereocenters. The zero-order valence-corrected chi connectivity index (χ0v) is 50.7. The van der Waals surface area contributed by atoms with Crippen LogP contribution in [0.4, 0.5) is 20.2 Å². The van der Waals surface area contributed by atoms with Gasteiger partial charge < -0.3 is 60.6 Å². The first kappa shape index (κ1) is 63.5. The molecule has 10 rings (SSSR count). The van der Waals surface area contributed by atoms with E-state index < -0.39 is 41.4 Å². The third-order valence-electron chi connectivity index (χ3n) is 17.5. The molecule has 6 aliphatic rings. The van der Waals surface area contributed by atoms with Crippen molar-refractivity contribution in [3.8, 4) is 11.5 Å². The lowest BCUT2D eigenvalue weighted by Crippen LogP contribution is -2.81. The molecule has 0 radical (unpaired) electrons. The Labute approximate surface area is 507 Å². The molecule has 4 saturated heterocycles. The van der Waals surface area contributed by atoms with Crippen LogP contribution in [0, 0.1) is 11.6 Å². The molecule has 4 heterocycles. The largest absolute Gasteiger partial charge is 0.484 e. The van der Waals surface area contributed by atoms with Gasteiger partial charge in [-0.3, -0.25) is 38.4 Å². The smallest absolute Gasteiger partial charge is 0.254 e. The lowest BCUT2D eigenvalue weighted by molar-refractivity contribution is -0.638. The highest BCUT2D eigenvalue weighted by Crippen LogP contribution is 2.41. The molecule has 4 aromatic rings. The molecule has 20 nitrogen and oxygen atoms in total. The minimum atomic E-state index is -0.929. The van der Waals surface area contributed by atoms with Crippen LogP contribution in [0.5, 0.6) is 11.5 Å². The Balaban J connectivity index is 0.000000208. The summed E-state index contributed by atoms with van der Waals surface area (Å²) < 4.78 is 41.5. The Morgan fingerprint density at radius 2 is 0.943 bits per heavy atom. The maximum Gasteiger partial charge on any atom is 0.254 e. The monoisotopic (exact) mass is 1200 g/mol. The summed E-state index contributed by atoms with van der Waals surface area (Å²) in [6.45, 7) is 7.05. The summed E-state index contributed by atoms with van der Waals surface area (Å²) in [4.78, 5) is 112. The van der Waals surface area contributed by atoms with Crippen molar-refractivity contribution in [1.82, 2.24) is 29.8 Å². The highest BCUT2D eigenvalue weighted by molar-refractivity contribution is 6.02. The average molecular weight is 1200 g/mol. The highest BCUT2D eigenvalue weighted by atomic mass is 19.1. The number of halogens is 2. The first-order chi connectivity index (χ1) is 41.8. The van der Waals surface area contributed by atoms with Crippen molar-refractivity contribution in [1.29, 1.82) is 0 Å². The molecule has 2 unspecified atom stereocenters. The third-order valence-corrected chi connectivity index (χ3v) is 17.5. The van der Waals surface area contributed by atoms with Gasteiger partial charge in [0.2, 0.25) is 23.6 Å². The number of nitrogens with zero attached hydrogens (tertiary/aromatic N) is 5. The first-order valence-electron chi connectivity index (χ1n) is 30.9. The van der Waals surface area contributed by atoms with Gasteiger partial charge in [0.05, 0.1) is 26.2 Å². The number of benzene rings is 4. The number of nitrogens with one attached hydrogen (secondary N) is 3. The third kappa shape index (κ3) is 16.0. The number of nitrogens with two attached hydrogens (primary N) is 2. The Morgan fingerprint density at radius 1 is 0.517 bits per heavy atom. The fraction of sp³-hybridized carbons (Fsp3) is 0.508. The molecular weight excluding hydrogens is 1120 g/mol. The van der Waals surface area contributed by atoms with Crippen LogP contribution in [0.1, 0.15) is 155 Å². The Bertz CT molecular complexity index is 3190. The van der Waals surface area contributed by atoms with E-state index in [1.54, 1.807) is 31.1 Å². The number of hydrogen-bond donors (Lipinski definition) is 5. The lowest BCUT2D eigenvalue weighted by Gasteiger charge is -2.41. The van der Waals surface area contributed by atoms with Crippen molar-refractivity contribution >= 4 is 58.6 Å². The molecule has 466 valence electrons. The van der Waals surface area contributed by atoms with Crippen molar-refractivity contribution in [2.75, 3.05) is 97.2 Å². The summed E-state index contributed by atoms with van der Waals surface area (Å²) >= 11 is 0. The maximum atomic E-state index is 14.3. The van der Waals surface area contributed by atoms with Crippen molar-refractivity contribution in [3.63, 3.8) is 0 Å². The number of likely N-dealkylation sites (N-methyl/N-ethyl adjacent to an activating group) is 2. The molecule has 7 N–H and O–H groups in total. The molecule has 0 spiro atoms. The molecule has 6 fully saturated rings. The number of carbonyl (C=O) groups excluding carboxylic acids is 8. The van der Waals surface area contributed by atoms with Crippen molar-refractivity contribution in [2.24, 2.45) is 0 Å². The Kier molecular flexibility index (Phi) is 21.3. The van der Waals surface area contributed by atoms with E-state index in [2.05, 4.69) is 26.6 Å². The van der Waals surface area contributed by atoms with E-state index in [1.165, 1.54) is 65.5 Å². The van der Waals surface area contributed by atoms with Gasteiger partial charge in [0.25, 0.3) is 23.6 Å². The number of hydrogen-bond acceptors (Lipinski definition) is 10. The van der Waals surface area contributed by atoms with Gasteiger partial charge in [-0.15, -0.1) is 0 Å². The van der Waals surface area contributed by atoms with Crippen molar-refractivity contribution in [3.05, 3.63) is 118 Å². The fourth-order valence-electron chi connectivity index (χ4n) is 13.1. The first-order valence-corrected chi connectivity index (χ1v) is 30.9. The Hall–Kier alpha value is -7.98. The van der Waals surface area contributed by atoms with Crippen LogP contribution in [0.15, 0.2) is 72.8 Å². The number of piperazine rings is 2. The predicted molar refractivity (Wildman–Crippen MR) is 322 cm³/mol. The van der Waals surface area contributed by atoms with Crippen LogP contribution in [-0.4, -0.2) is 183 Å². The van der Waals surface area contributed by atoms with Crippen LogP contribution >= 0.6 is 0 Å². The van der Waals surface area contributed by atoms with Gasteiger partial charge in [0.15, 0.2) is 12.2 Å². The SMILES string of the molecule is CC(=O)Nc1cc(F)cc(C(=O)N2CCN(C(=O)c3ccc(O[C@H]4CC[NH2+]C4)c(C4CCCCC4)c3)C(C(=O)N(C)C)C2)c1.CNC(=O)C1CN(C(=O)c2cc(F)cc(NC(C)=O)c2)CCN1C(=O)c1ccc(O[C@H]2CC[NH2+]C2)c(C2CCCCC2)c1. The molecule has 0 bridgehead atoms. The van der Waals surface area contributed by atoms with E-state index in [1.807, 2.05) is 24.3 Å². The summed E-state index contributed by atoms with van der Waals surface area (Å²) in [5, 5.41) is 12.1. The quantitative estimate of drug-likeness (QED) is 0.115. The zero-order chi connectivity index (χ0) is 61.9. The molecule has 2 saturated carbocycles. The number of amides is 8. The Morgan fingerprint density at radius 3 is 1.33 bits per heavy atom. The van der Waals surface area contributed by atoms with E-state index >= 15 is 0 Å². The average Bonchev–Trinajstić information content (AvgIpc) is 1.72. The van der Waals surface area contributed by atoms with Gasteiger partial charge in [-0.25, -0.2) is 8.78 Å². The zero-order valence-electron chi connectivity index (χ0n) is 50.7. The summed E-state index contributed by atoms with van der Waals surface area (Å²) in [6.07, 6.45) is 13.5. The fourth-order valence-corrected chi connectivity index (χ4v) is 13.1. The summed E-state index contributed by atoms with van der Waals surface area (Å²) in [7, 11) is 4.73. The van der Waals surface area contributed by atoms with Crippen molar-refractivity contribution < 1.29 is 67.2 Å². The molecule has 2 aliphatic carbocycles. The molecule has 4 aliphatic heterocycles. The highest BCUT2D eigenvalue weighted by Gasteiger charge is 2.41. The number of anilines is 2. The second-order valence-electron chi connectivity index (χ2n) is 24.1. The molecule has 87 heavy (non-hydrogen) atoms. The normalized spacial score (nSPS) is 20.8. The lowest BCUT2D eigenvalue weighted by atomic mass is 9.83. The van der Waals surface area contributed by atoms with E-state index in [4.69, 9.17) is 9.47 Å². The van der Waals surface area contributed by atoms with Gasteiger partial charge in [0, 0.05) is 108 Å². The molecule has 0 aromatic heterocycles. The number of carbonyl (C=O) groups is 8. The van der Waals surface area contributed by atoms with Crippen LogP contribution in [0.3, 0.4) is 0 Å².